The van der Waals surface area contributed by atoms with Crippen LogP contribution < -0.4 is 0 Å². The van der Waals surface area contributed by atoms with Crippen LogP contribution in [0.3, 0.4) is 0 Å². The number of hydrogen-bond donors (Lipinski definition) is 0. The average Bonchev–Trinajstić information content (AvgIpc) is 3.22. The SMILES string of the molecule is O=[N+]([O-])c1c(CS(=O)(=O)c2ccccc2)nc2c(-c3ccc(F)cc3)cc(-c3ccc(F)cc3)cn12. The van der Waals surface area contributed by atoms with Crippen molar-refractivity contribution in [2.45, 2.75) is 10.6 Å². The molecule has 0 aliphatic heterocycles. The first-order chi connectivity index (χ1) is 17.2. The van der Waals surface area contributed by atoms with Gasteiger partial charge >= 0.3 is 5.82 Å². The van der Waals surface area contributed by atoms with Crippen molar-refractivity contribution in [3.63, 3.8) is 0 Å². The maximum Gasteiger partial charge on any atom is 0.352 e. The standard InChI is InChI=1S/C26H17F2N3O4S/c27-20-10-6-17(7-11-20)19-14-23(18-8-12-21(28)13-9-18)25-29-24(26(31(32)33)30(25)15-19)16-36(34,35)22-4-2-1-3-5-22/h1-15H,16H2. The predicted molar refractivity (Wildman–Crippen MR) is 130 cm³/mol. The van der Waals surface area contributed by atoms with Crippen LogP contribution in [0, 0.1) is 21.7 Å². The first-order valence-corrected chi connectivity index (χ1v) is 12.4. The lowest BCUT2D eigenvalue weighted by Crippen LogP contribution is -2.07. The van der Waals surface area contributed by atoms with E-state index < -0.39 is 38.0 Å². The third-order valence-corrected chi connectivity index (χ3v) is 7.34. The van der Waals surface area contributed by atoms with E-state index in [2.05, 4.69) is 4.98 Å². The third-order valence-electron chi connectivity index (χ3n) is 5.70. The first kappa shape index (κ1) is 23.3. The van der Waals surface area contributed by atoms with Gasteiger partial charge in [-0.3, -0.25) is 0 Å². The maximum atomic E-state index is 13.6. The molecule has 5 aromatic rings. The van der Waals surface area contributed by atoms with Crippen molar-refractivity contribution < 1.29 is 22.1 Å². The summed E-state index contributed by atoms with van der Waals surface area (Å²) in [6.45, 7) is 0. The highest BCUT2D eigenvalue weighted by molar-refractivity contribution is 7.90. The lowest BCUT2D eigenvalue weighted by molar-refractivity contribution is -0.391. The van der Waals surface area contributed by atoms with Crippen molar-refractivity contribution in [1.29, 1.82) is 0 Å². The molecule has 0 spiro atoms. The number of aromatic nitrogens is 2. The fraction of sp³-hybridized carbons (Fsp3) is 0.0385. The highest BCUT2D eigenvalue weighted by Crippen LogP contribution is 2.35. The molecular weight excluding hydrogens is 488 g/mol. The van der Waals surface area contributed by atoms with Gasteiger partial charge in [-0.1, -0.05) is 42.5 Å². The Kier molecular flexibility index (Phi) is 5.81. The van der Waals surface area contributed by atoms with Gasteiger partial charge in [-0.25, -0.2) is 22.2 Å². The van der Waals surface area contributed by atoms with E-state index in [1.807, 2.05) is 0 Å². The quantitative estimate of drug-likeness (QED) is 0.214. The number of sulfone groups is 1. The molecule has 0 fully saturated rings. The van der Waals surface area contributed by atoms with Crippen LogP contribution in [0.2, 0.25) is 0 Å². The van der Waals surface area contributed by atoms with Crippen molar-refractivity contribution in [3.8, 4) is 22.3 Å². The minimum atomic E-state index is -3.94. The van der Waals surface area contributed by atoms with Crippen molar-refractivity contribution in [3.05, 3.63) is 119 Å². The Hall–Kier alpha value is -4.44. The van der Waals surface area contributed by atoms with Crippen molar-refractivity contribution in [2.75, 3.05) is 0 Å². The zero-order valence-corrected chi connectivity index (χ0v) is 19.3. The van der Waals surface area contributed by atoms with Gasteiger partial charge in [-0.15, -0.1) is 0 Å². The van der Waals surface area contributed by atoms with Crippen LogP contribution >= 0.6 is 0 Å². The molecule has 7 nitrogen and oxygen atoms in total. The lowest BCUT2D eigenvalue weighted by Gasteiger charge is -2.07. The molecule has 2 aromatic heterocycles. The van der Waals surface area contributed by atoms with E-state index in [1.54, 1.807) is 24.3 Å². The van der Waals surface area contributed by atoms with Gasteiger partial charge in [0.15, 0.2) is 15.5 Å². The van der Waals surface area contributed by atoms with Gasteiger partial charge in [0.25, 0.3) is 0 Å². The molecule has 0 saturated carbocycles. The molecule has 10 heteroatoms. The molecule has 0 amide bonds. The van der Waals surface area contributed by atoms with E-state index >= 15 is 0 Å². The van der Waals surface area contributed by atoms with Gasteiger partial charge < -0.3 is 10.1 Å². The predicted octanol–water partition coefficient (Wildman–Crippen LogP) is 5.83. The van der Waals surface area contributed by atoms with Crippen molar-refractivity contribution >= 4 is 21.3 Å². The van der Waals surface area contributed by atoms with Crippen molar-refractivity contribution in [2.24, 2.45) is 0 Å². The molecule has 2 heterocycles. The summed E-state index contributed by atoms with van der Waals surface area (Å²) in [4.78, 5) is 15.9. The molecule has 36 heavy (non-hydrogen) atoms. The number of fused-ring (bicyclic) bond motifs is 1. The molecular formula is C26H17F2N3O4S. The Bertz CT molecular complexity index is 1700. The normalized spacial score (nSPS) is 11.6. The number of nitrogens with zero attached hydrogens (tertiary/aromatic N) is 3. The minimum Gasteiger partial charge on any atom is -0.358 e. The molecule has 0 saturated heterocycles. The number of halogens is 2. The minimum absolute atomic E-state index is 0.0158. The van der Waals surface area contributed by atoms with Crippen LogP contribution in [0.5, 0.6) is 0 Å². The molecule has 5 rings (SSSR count). The number of pyridine rings is 1. The summed E-state index contributed by atoms with van der Waals surface area (Å²) >= 11 is 0. The van der Waals surface area contributed by atoms with Crippen LogP contribution in [-0.4, -0.2) is 22.7 Å². The van der Waals surface area contributed by atoms with E-state index in [-0.39, 0.29) is 16.2 Å². The monoisotopic (exact) mass is 505 g/mol. The molecule has 0 unspecified atom stereocenters. The zero-order chi connectivity index (χ0) is 25.4. The first-order valence-electron chi connectivity index (χ1n) is 10.7. The smallest absolute Gasteiger partial charge is 0.352 e. The van der Waals surface area contributed by atoms with Crippen LogP contribution in [0.4, 0.5) is 14.6 Å². The van der Waals surface area contributed by atoms with Gasteiger partial charge in [0.05, 0.1) is 4.90 Å². The topological polar surface area (TPSA) is 94.6 Å². The maximum absolute atomic E-state index is 13.6. The molecule has 3 aromatic carbocycles. The largest absolute Gasteiger partial charge is 0.358 e. The summed E-state index contributed by atoms with van der Waals surface area (Å²) in [7, 11) is -3.94. The second-order valence-electron chi connectivity index (χ2n) is 8.06. The fourth-order valence-corrected chi connectivity index (χ4v) is 5.30. The van der Waals surface area contributed by atoms with E-state index in [9.17, 15) is 27.3 Å². The number of hydrogen-bond acceptors (Lipinski definition) is 5. The molecule has 0 bridgehead atoms. The van der Waals surface area contributed by atoms with E-state index in [0.717, 1.165) is 0 Å². The Morgan fingerprint density at radius 3 is 2.00 bits per heavy atom. The molecule has 0 aliphatic carbocycles. The summed E-state index contributed by atoms with van der Waals surface area (Å²) in [5.41, 5.74) is 1.91. The van der Waals surface area contributed by atoms with Gasteiger partial charge in [0, 0.05) is 11.1 Å². The summed E-state index contributed by atoms with van der Waals surface area (Å²) < 4.78 is 54.4. The summed E-state index contributed by atoms with van der Waals surface area (Å²) in [5.74, 6) is -2.10. The summed E-state index contributed by atoms with van der Waals surface area (Å²) in [5, 5.41) is 12.2. The van der Waals surface area contributed by atoms with Gasteiger partial charge in [0.2, 0.25) is 5.65 Å². The molecule has 0 atom stereocenters. The van der Waals surface area contributed by atoms with Crippen LogP contribution in [0.25, 0.3) is 27.9 Å². The molecule has 0 aliphatic rings. The number of benzene rings is 3. The van der Waals surface area contributed by atoms with Crippen LogP contribution in [0.15, 0.2) is 96.0 Å². The number of imidazole rings is 1. The van der Waals surface area contributed by atoms with Gasteiger partial charge in [0.1, 0.15) is 23.6 Å². The Balaban J connectivity index is 1.77. The van der Waals surface area contributed by atoms with E-state index in [4.69, 9.17) is 0 Å². The van der Waals surface area contributed by atoms with E-state index in [1.165, 1.54) is 71.3 Å². The Labute approximate surface area is 204 Å². The number of rotatable bonds is 6. The second kappa shape index (κ2) is 8.97. The fourth-order valence-electron chi connectivity index (χ4n) is 4.00. The third kappa shape index (κ3) is 4.34. The number of nitro groups is 1. The van der Waals surface area contributed by atoms with Gasteiger partial charge in [-0.2, -0.15) is 4.40 Å². The zero-order valence-electron chi connectivity index (χ0n) is 18.5. The van der Waals surface area contributed by atoms with Crippen LogP contribution in [-0.2, 0) is 15.6 Å². The lowest BCUT2D eigenvalue weighted by atomic mass is 10.0. The van der Waals surface area contributed by atoms with E-state index in [0.29, 0.717) is 22.3 Å². The highest BCUT2D eigenvalue weighted by atomic mass is 32.2. The summed E-state index contributed by atoms with van der Waals surface area (Å²) in [6.07, 6.45) is 1.46. The van der Waals surface area contributed by atoms with Crippen molar-refractivity contribution in [1.82, 2.24) is 9.38 Å². The molecule has 0 N–H and O–H groups in total. The summed E-state index contributed by atoms with van der Waals surface area (Å²) in [6, 6.07) is 20.4. The highest BCUT2D eigenvalue weighted by Gasteiger charge is 2.30. The molecule has 180 valence electrons. The Morgan fingerprint density at radius 1 is 0.833 bits per heavy atom. The second-order valence-corrected chi connectivity index (χ2v) is 10.1. The molecule has 0 radical (unpaired) electrons. The van der Waals surface area contributed by atoms with Crippen LogP contribution in [0.1, 0.15) is 5.69 Å². The Morgan fingerprint density at radius 2 is 1.42 bits per heavy atom. The van der Waals surface area contributed by atoms with Gasteiger partial charge in [-0.05, 0) is 58.5 Å². The average molecular weight is 506 g/mol.